The van der Waals surface area contributed by atoms with Gasteiger partial charge in [-0.05, 0) is 52.0 Å². The highest BCUT2D eigenvalue weighted by Crippen LogP contribution is 2.43. The molecule has 0 heterocycles. The van der Waals surface area contributed by atoms with Crippen LogP contribution in [-0.2, 0) is 9.47 Å². The first kappa shape index (κ1) is 27.0. The van der Waals surface area contributed by atoms with E-state index in [0.717, 1.165) is 35.8 Å². The van der Waals surface area contributed by atoms with Crippen molar-refractivity contribution in [3.8, 4) is 0 Å². The predicted molar refractivity (Wildman–Crippen MR) is 127 cm³/mol. The number of carbonyl (C=O) groups is 6. The van der Waals surface area contributed by atoms with Crippen molar-refractivity contribution in [3.63, 3.8) is 0 Å². The molecular weight excluding hydrogens is 480 g/mol. The first-order valence-electron chi connectivity index (χ1n) is 9.85. The molecule has 10 heteroatoms. The van der Waals surface area contributed by atoms with Gasteiger partial charge < -0.3 is 9.47 Å². The highest BCUT2D eigenvalue weighted by Gasteiger charge is 2.28. The molecule has 2 rings (SSSR count). The Morgan fingerprint density at radius 1 is 0.529 bits per heavy atom. The number of rotatable bonds is 9. The Morgan fingerprint density at radius 2 is 0.853 bits per heavy atom. The van der Waals surface area contributed by atoms with Gasteiger partial charge >= 0.3 is 11.9 Å². The van der Waals surface area contributed by atoms with Gasteiger partial charge in [-0.25, -0.2) is 9.59 Å². The number of benzene rings is 2. The molecule has 0 unspecified atom stereocenters. The minimum Gasteiger partial charge on any atom is -0.465 e. The summed E-state index contributed by atoms with van der Waals surface area (Å²) in [4.78, 5) is 74.5. The van der Waals surface area contributed by atoms with Crippen LogP contribution in [0.4, 0.5) is 0 Å². The molecule has 0 atom stereocenters. The summed E-state index contributed by atoms with van der Waals surface area (Å²) >= 11 is 0. The monoisotopic (exact) mass is 502 g/mol. The summed E-state index contributed by atoms with van der Waals surface area (Å²) in [7, 11) is 4.35. The first-order chi connectivity index (χ1) is 16.0. The average molecular weight is 503 g/mol. The molecule has 2 aromatic carbocycles. The second-order valence-corrected chi connectivity index (χ2v) is 9.31. The van der Waals surface area contributed by atoms with Crippen LogP contribution in [0.3, 0.4) is 0 Å². The number of methoxy groups -OCH3 is 2. The number of esters is 2. The zero-order valence-electron chi connectivity index (χ0n) is 19.4. The highest BCUT2D eigenvalue weighted by atomic mass is 33.1. The third kappa shape index (κ3) is 5.45. The molecule has 0 saturated carbocycles. The molecule has 0 fully saturated rings. The maximum Gasteiger partial charge on any atom is 0.339 e. The van der Waals surface area contributed by atoms with Crippen LogP contribution in [0, 0.1) is 0 Å². The van der Waals surface area contributed by atoms with Gasteiger partial charge in [0, 0.05) is 32.0 Å². The summed E-state index contributed by atoms with van der Waals surface area (Å²) in [5, 5.41) is 0. The SMILES string of the molecule is COC(=O)c1c(SSc2ccc(C(C)=O)c(C(C)=O)c2C(=O)OC)ccc(C(C)=O)c1C(C)=O. The summed E-state index contributed by atoms with van der Waals surface area (Å²) in [6.45, 7) is 5.05. The van der Waals surface area contributed by atoms with Crippen LogP contribution >= 0.6 is 21.6 Å². The van der Waals surface area contributed by atoms with E-state index in [2.05, 4.69) is 0 Å². The van der Waals surface area contributed by atoms with E-state index in [1.165, 1.54) is 52.0 Å². The van der Waals surface area contributed by atoms with Crippen LogP contribution < -0.4 is 0 Å². The molecule has 0 bridgehead atoms. The summed E-state index contributed by atoms with van der Waals surface area (Å²) in [5.74, 6) is -3.37. The van der Waals surface area contributed by atoms with Gasteiger partial charge in [0.1, 0.15) is 0 Å². The van der Waals surface area contributed by atoms with Gasteiger partial charge in [0.15, 0.2) is 23.1 Å². The number of hydrogen-bond donors (Lipinski definition) is 0. The number of ketones is 4. The molecule has 0 saturated heterocycles. The molecule has 0 aliphatic rings. The fourth-order valence-corrected chi connectivity index (χ4v) is 5.66. The van der Waals surface area contributed by atoms with Crippen molar-refractivity contribution in [2.75, 3.05) is 14.2 Å². The Hall–Kier alpha value is -3.24. The third-order valence-electron chi connectivity index (χ3n) is 4.80. The van der Waals surface area contributed by atoms with Crippen LogP contribution in [0.2, 0.25) is 0 Å². The smallest absolute Gasteiger partial charge is 0.339 e. The zero-order chi connectivity index (χ0) is 25.7. The van der Waals surface area contributed by atoms with Crippen molar-refractivity contribution in [2.45, 2.75) is 37.5 Å². The van der Waals surface area contributed by atoms with E-state index in [1.807, 2.05) is 0 Å². The number of Topliss-reactive ketones (excluding diaryl/α,β-unsaturated/α-hetero) is 4. The number of carbonyl (C=O) groups excluding carboxylic acids is 6. The van der Waals surface area contributed by atoms with Gasteiger partial charge in [-0.3, -0.25) is 19.2 Å². The fourth-order valence-electron chi connectivity index (χ4n) is 3.32. The summed E-state index contributed by atoms with van der Waals surface area (Å²) in [5.41, 5.74) is -0.104. The van der Waals surface area contributed by atoms with Crippen LogP contribution in [0.1, 0.15) is 89.8 Å². The van der Waals surface area contributed by atoms with Gasteiger partial charge in [-0.2, -0.15) is 0 Å². The largest absolute Gasteiger partial charge is 0.465 e. The van der Waals surface area contributed by atoms with Crippen molar-refractivity contribution in [2.24, 2.45) is 0 Å². The van der Waals surface area contributed by atoms with E-state index in [0.29, 0.717) is 9.79 Å². The zero-order valence-corrected chi connectivity index (χ0v) is 21.0. The highest BCUT2D eigenvalue weighted by molar-refractivity contribution is 8.76. The minimum absolute atomic E-state index is 0.0607. The quantitative estimate of drug-likeness (QED) is 0.267. The first-order valence-corrected chi connectivity index (χ1v) is 12.0. The molecule has 0 spiro atoms. The van der Waals surface area contributed by atoms with Crippen LogP contribution in [0.25, 0.3) is 0 Å². The molecule has 178 valence electrons. The van der Waals surface area contributed by atoms with Crippen LogP contribution in [0.5, 0.6) is 0 Å². The molecule has 0 radical (unpaired) electrons. The molecular formula is C24H22O8S2. The van der Waals surface area contributed by atoms with Crippen molar-refractivity contribution in [3.05, 3.63) is 57.6 Å². The van der Waals surface area contributed by atoms with Crippen molar-refractivity contribution < 1.29 is 38.2 Å². The molecule has 0 aromatic heterocycles. The summed E-state index contributed by atoms with van der Waals surface area (Å²) in [6, 6.07) is 5.88. The maximum absolute atomic E-state index is 12.6. The minimum atomic E-state index is -0.805. The molecule has 0 N–H and O–H groups in total. The van der Waals surface area contributed by atoms with E-state index < -0.39 is 35.1 Å². The third-order valence-corrected chi connectivity index (χ3v) is 7.25. The Morgan fingerprint density at radius 3 is 1.09 bits per heavy atom. The average Bonchev–Trinajstić information content (AvgIpc) is 2.79. The lowest BCUT2D eigenvalue weighted by molar-refractivity contribution is 0.0585. The van der Waals surface area contributed by atoms with Gasteiger partial charge in [0.2, 0.25) is 0 Å². The van der Waals surface area contributed by atoms with E-state index in [-0.39, 0.29) is 33.4 Å². The van der Waals surface area contributed by atoms with Crippen LogP contribution in [-0.4, -0.2) is 49.3 Å². The van der Waals surface area contributed by atoms with E-state index >= 15 is 0 Å². The molecule has 2 aromatic rings. The maximum atomic E-state index is 12.6. The molecule has 0 aliphatic carbocycles. The second kappa shape index (κ2) is 11.3. The van der Waals surface area contributed by atoms with E-state index in [4.69, 9.17) is 9.47 Å². The Bertz CT molecular complexity index is 1130. The Balaban J connectivity index is 2.70. The van der Waals surface area contributed by atoms with Crippen molar-refractivity contribution in [1.82, 2.24) is 0 Å². The number of ether oxygens (including phenoxy) is 2. The lowest BCUT2D eigenvalue weighted by Gasteiger charge is -2.16. The summed E-state index contributed by atoms with van der Waals surface area (Å²) < 4.78 is 9.69. The standard InChI is InChI=1S/C24H22O8S2/c1-11(25)15-7-9-17(21(23(29)31-5)19(15)13(3)27)33-34-18-10-8-16(12(2)26)20(14(4)28)22(18)24(30)32-6/h7-10H,1-6H3. The van der Waals surface area contributed by atoms with Gasteiger partial charge in [0.05, 0.1) is 25.3 Å². The lowest BCUT2D eigenvalue weighted by Crippen LogP contribution is -2.15. The second-order valence-electron chi connectivity index (χ2n) is 7.10. The topological polar surface area (TPSA) is 121 Å². The molecule has 0 aliphatic heterocycles. The van der Waals surface area contributed by atoms with Gasteiger partial charge in [0.25, 0.3) is 0 Å². The van der Waals surface area contributed by atoms with Crippen molar-refractivity contribution >= 4 is 56.7 Å². The Labute approximate surface area is 204 Å². The normalized spacial score (nSPS) is 10.4. The predicted octanol–water partition coefficient (Wildman–Crippen LogP) is 4.87. The molecule has 0 amide bonds. The Kier molecular flexibility index (Phi) is 8.94. The number of hydrogen-bond acceptors (Lipinski definition) is 10. The summed E-state index contributed by atoms with van der Waals surface area (Å²) in [6.07, 6.45) is 0. The van der Waals surface area contributed by atoms with Crippen LogP contribution in [0.15, 0.2) is 34.1 Å². The van der Waals surface area contributed by atoms with Crippen molar-refractivity contribution in [1.29, 1.82) is 0 Å². The van der Waals surface area contributed by atoms with E-state index in [9.17, 15) is 28.8 Å². The molecule has 34 heavy (non-hydrogen) atoms. The lowest BCUT2D eigenvalue weighted by atomic mass is 9.95. The van der Waals surface area contributed by atoms with E-state index in [1.54, 1.807) is 0 Å². The fraction of sp³-hybridized carbons (Fsp3) is 0.250. The van der Waals surface area contributed by atoms with Gasteiger partial charge in [-0.1, -0.05) is 21.6 Å². The molecule has 8 nitrogen and oxygen atoms in total. The van der Waals surface area contributed by atoms with Gasteiger partial charge in [-0.15, -0.1) is 0 Å².